The fourth-order valence-corrected chi connectivity index (χ4v) is 1.79. The van der Waals surface area contributed by atoms with Crippen molar-refractivity contribution in [3.05, 3.63) is 59.9 Å². The minimum atomic E-state index is 0.975. The molecule has 1 aliphatic carbocycles. The molecule has 0 N–H and O–H groups in total. The van der Waals surface area contributed by atoms with Crippen LogP contribution in [0.4, 0.5) is 0 Å². The Kier molecular flexibility index (Phi) is 3.71. The molecule has 0 bridgehead atoms. The summed E-state index contributed by atoms with van der Waals surface area (Å²) in [5.41, 5.74) is 3.69. The predicted molar refractivity (Wildman–Crippen MR) is 70.5 cm³/mol. The normalized spacial score (nSPS) is 19.7. The van der Waals surface area contributed by atoms with E-state index in [4.69, 9.17) is 0 Å². The molecule has 2 aliphatic rings. The third kappa shape index (κ3) is 2.69. The maximum Gasteiger partial charge on any atom is 0.0695 e. The van der Waals surface area contributed by atoms with E-state index < -0.39 is 0 Å². The smallest absolute Gasteiger partial charge is 0.0695 e. The molecule has 0 fully saturated rings. The zero-order chi connectivity index (χ0) is 11.2. The summed E-state index contributed by atoms with van der Waals surface area (Å²) in [6, 6.07) is 0. The first-order valence-electron chi connectivity index (χ1n) is 5.87. The van der Waals surface area contributed by atoms with Crippen molar-refractivity contribution in [1.82, 2.24) is 0 Å². The number of aliphatic imine (C=N–C) groups is 1. The quantitative estimate of drug-likeness (QED) is 0.651. The van der Waals surface area contributed by atoms with Crippen LogP contribution in [0.5, 0.6) is 0 Å². The minimum Gasteiger partial charge on any atom is -0.257 e. The van der Waals surface area contributed by atoms with Gasteiger partial charge in [0.1, 0.15) is 0 Å². The number of rotatable bonds is 2. The van der Waals surface area contributed by atoms with Crippen LogP contribution in [-0.4, -0.2) is 5.71 Å². The van der Waals surface area contributed by atoms with Gasteiger partial charge >= 0.3 is 0 Å². The second-order valence-corrected chi connectivity index (χ2v) is 3.90. The van der Waals surface area contributed by atoms with E-state index in [1.807, 2.05) is 6.20 Å². The van der Waals surface area contributed by atoms with Gasteiger partial charge < -0.3 is 0 Å². The lowest BCUT2D eigenvalue weighted by molar-refractivity contribution is 1.13. The minimum absolute atomic E-state index is 0.975. The average molecular weight is 211 g/mol. The molecule has 0 saturated carbocycles. The van der Waals surface area contributed by atoms with Gasteiger partial charge in [0.25, 0.3) is 0 Å². The van der Waals surface area contributed by atoms with Crippen molar-refractivity contribution in [3.8, 4) is 0 Å². The van der Waals surface area contributed by atoms with Crippen LogP contribution in [0.3, 0.4) is 0 Å². The molecule has 0 atom stereocenters. The van der Waals surface area contributed by atoms with Crippen LogP contribution in [-0.2, 0) is 0 Å². The Hall–Kier alpha value is -1.63. The van der Waals surface area contributed by atoms with E-state index in [2.05, 4.69) is 54.4 Å². The SMILES string of the molecule is CCC1=CCC=C(C2=NC=CCC=C2)C=C1. The first kappa shape index (κ1) is 10.9. The molecular formula is C15H17N. The molecule has 0 unspecified atom stereocenters. The van der Waals surface area contributed by atoms with Crippen molar-refractivity contribution in [2.75, 3.05) is 0 Å². The Balaban J connectivity index is 2.20. The average Bonchev–Trinajstić information content (AvgIpc) is 2.71. The van der Waals surface area contributed by atoms with Crippen LogP contribution in [0.15, 0.2) is 64.9 Å². The maximum atomic E-state index is 4.45. The van der Waals surface area contributed by atoms with Crippen LogP contribution >= 0.6 is 0 Å². The van der Waals surface area contributed by atoms with Gasteiger partial charge in [0.2, 0.25) is 0 Å². The molecule has 1 aliphatic heterocycles. The van der Waals surface area contributed by atoms with Crippen LogP contribution in [0.25, 0.3) is 0 Å². The number of nitrogens with zero attached hydrogens (tertiary/aromatic N) is 1. The van der Waals surface area contributed by atoms with Crippen molar-refractivity contribution in [2.24, 2.45) is 4.99 Å². The summed E-state index contributed by atoms with van der Waals surface area (Å²) in [6.45, 7) is 2.19. The number of hydrogen-bond acceptors (Lipinski definition) is 1. The van der Waals surface area contributed by atoms with Gasteiger partial charge in [0.05, 0.1) is 5.71 Å². The lowest BCUT2D eigenvalue weighted by Crippen LogP contribution is -1.95. The van der Waals surface area contributed by atoms with Crippen molar-refractivity contribution in [2.45, 2.75) is 26.2 Å². The fraction of sp³-hybridized carbons (Fsp3) is 0.267. The van der Waals surface area contributed by atoms with Gasteiger partial charge in [-0.3, -0.25) is 4.99 Å². The first-order chi connectivity index (χ1) is 7.90. The lowest BCUT2D eigenvalue weighted by Gasteiger charge is -1.99. The highest BCUT2D eigenvalue weighted by Gasteiger charge is 2.03. The lowest BCUT2D eigenvalue weighted by atomic mass is 10.1. The summed E-state index contributed by atoms with van der Waals surface area (Å²) in [5, 5.41) is 0. The van der Waals surface area contributed by atoms with E-state index in [1.54, 1.807) is 0 Å². The third-order valence-corrected chi connectivity index (χ3v) is 2.77. The highest BCUT2D eigenvalue weighted by atomic mass is 14.7. The molecule has 0 radical (unpaired) electrons. The number of hydrogen-bond donors (Lipinski definition) is 0. The molecule has 82 valence electrons. The highest BCUT2D eigenvalue weighted by Crippen LogP contribution is 2.15. The topological polar surface area (TPSA) is 12.4 Å². The largest absolute Gasteiger partial charge is 0.257 e. The molecule has 1 heterocycles. The molecule has 16 heavy (non-hydrogen) atoms. The molecule has 2 rings (SSSR count). The summed E-state index contributed by atoms with van der Waals surface area (Å²) >= 11 is 0. The predicted octanol–water partition coefficient (Wildman–Crippen LogP) is 4.12. The molecule has 1 nitrogen and oxygen atoms in total. The van der Waals surface area contributed by atoms with Crippen molar-refractivity contribution in [1.29, 1.82) is 0 Å². The van der Waals surface area contributed by atoms with Crippen LogP contribution < -0.4 is 0 Å². The van der Waals surface area contributed by atoms with E-state index >= 15 is 0 Å². The van der Waals surface area contributed by atoms with Gasteiger partial charge in [-0.1, -0.05) is 49.0 Å². The van der Waals surface area contributed by atoms with Gasteiger partial charge in [-0.15, -0.1) is 0 Å². The molecule has 1 heteroatoms. The van der Waals surface area contributed by atoms with Gasteiger partial charge in [0, 0.05) is 6.20 Å². The Morgan fingerprint density at radius 2 is 2.00 bits per heavy atom. The standard InChI is InChI=1S/C15H17N/c1-2-13-7-6-8-14(11-10-13)15-9-4-3-5-12-16-15/h4-5,7-12H,2-3,6H2,1H3. The molecule has 0 aromatic carbocycles. The molecular weight excluding hydrogens is 194 g/mol. The Bertz CT molecular complexity index is 428. The van der Waals surface area contributed by atoms with Crippen molar-refractivity contribution >= 4 is 5.71 Å². The van der Waals surface area contributed by atoms with Gasteiger partial charge in [0.15, 0.2) is 0 Å². The first-order valence-corrected chi connectivity index (χ1v) is 5.87. The summed E-state index contributed by atoms with van der Waals surface area (Å²) in [7, 11) is 0. The zero-order valence-corrected chi connectivity index (χ0v) is 9.69. The molecule has 0 saturated heterocycles. The maximum absolute atomic E-state index is 4.45. The summed E-state index contributed by atoms with van der Waals surface area (Å²) in [4.78, 5) is 4.45. The highest BCUT2D eigenvalue weighted by molar-refractivity contribution is 6.10. The Morgan fingerprint density at radius 1 is 1.06 bits per heavy atom. The van der Waals surface area contributed by atoms with E-state index in [1.165, 1.54) is 11.1 Å². The number of allylic oxidation sites excluding steroid dienone is 9. The summed E-state index contributed by atoms with van der Waals surface area (Å²) in [5.74, 6) is 0. The zero-order valence-electron chi connectivity index (χ0n) is 9.69. The van der Waals surface area contributed by atoms with Crippen LogP contribution in [0.1, 0.15) is 26.2 Å². The molecule has 0 amide bonds. The van der Waals surface area contributed by atoms with E-state index in [0.29, 0.717) is 0 Å². The monoisotopic (exact) mass is 211 g/mol. The van der Waals surface area contributed by atoms with Crippen LogP contribution in [0.2, 0.25) is 0 Å². The molecule has 0 spiro atoms. The summed E-state index contributed by atoms with van der Waals surface area (Å²) in [6.07, 6.45) is 20.2. The van der Waals surface area contributed by atoms with Crippen molar-refractivity contribution in [3.63, 3.8) is 0 Å². The van der Waals surface area contributed by atoms with E-state index in [0.717, 1.165) is 25.0 Å². The van der Waals surface area contributed by atoms with Gasteiger partial charge in [-0.25, -0.2) is 0 Å². The second kappa shape index (κ2) is 5.45. The second-order valence-electron chi connectivity index (χ2n) is 3.90. The third-order valence-electron chi connectivity index (χ3n) is 2.77. The molecule has 0 aromatic rings. The van der Waals surface area contributed by atoms with Crippen LogP contribution in [0, 0.1) is 0 Å². The Morgan fingerprint density at radius 3 is 2.88 bits per heavy atom. The van der Waals surface area contributed by atoms with E-state index in [-0.39, 0.29) is 0 Å². The fourth-order valence-electron chi connectivity index (χ4n) is 1.79. The van der Waals surface area contributed by atoms with E-state index in [9.17, 15) is 0 Å². The molecule has 0 aromatic heterocycles. The Labute approximate surface area is 97.3 Å². The van der Waals surface area contributed by atoms with Gasteiger partial charge in [-0.05, 0) is 30.9 Å². The summed E-state index contributed by atoms with van der Waals surface area (Å²) < 4.78 is 0. The van der Waals surface area contributed by atoms with Gasteiger partial charge in [-0.2, -0.15) is 0 Å². The van der Waals surface area contributed by atoms with Crippen molar-refractivity contribution < 1.29 is 0 Å².